The van der Waals surface area contributed by atoms with Gasteiger partial charge in [0.05, 0.1) is 37.4 Å². The molecule has 108 valence electrons. The minimum atomic E-state index is 0.331. The summed E-state index contributed by atoms with van der Waals surface area (Å²) in [6, 6.07) is 6.28. The van der Waals surface area contributed by atoms with Crippen molar-refractivity contribution in [2.75, 3.05) is 33.4 Å². The average Bonchev–Trinajstić information content (AvgIpc) is 2.91. The van der Waals surface area contributed by atoms with Crippen LogP contribution in [0.25, 0.3) is 11.0 Å². The second-order valence-corrected chi connectivity index (χ2v) is 5.08. The molecule has 2 aromatic rings. The van der Waals surface area contributed by atoms with Crippen molar-refractivity contribution in [3.63, 3.8) is 0 Å². The van der Waals surface area contributed by atoms with Gasteiger partial charge in [-0.15, -0.1) is 0 Å². The topological polar surface area (TPSA) is 50.4 Å². The minimum Gasteiger partial charge on any atom is -0.497 e. The van der Waals surface area contributed by atoms with Gasteiger partial charge < -0.3 is 14.5 Å². The molecule has 0 bridgehead atoms. The first-order valence-electron chi connectivity index (χ1n) is 7.17. The van der Waals surface area contributed by atoms with Gasteiger partial charge in [0, 0.05) is 19.2 Å². The number of benzene rings is 1. The number of fused-ring (bicyclic) bond motifs is 1. The van der Waals surface area contributed by atoms with Crippen molar-refractivity contribution in [3.8, 4) is 5.75 Å². The molecule has 1 unspecified atom stereocenters. The predicted octanol–water partition coefficient (Wildman–Crippen LogP) is 2.35. The van der Waals surface area contributed by atoms with Crippen LogP contribution in [0, 0.1) is 0 Å². The van der Waals surface area contributed by atoms with E-state index in [0.29, 0.717) is 6.04 Å². The zero-order valence-corrected chi connectivity index (χ0v) is 12.1. The highest BCUT2D eigenvalue weighted by Crippen LogP contribution is 2.26. The lowest BCUT2D eigenvalue weighted by Gasteiger charge is -2.32. The molecule has 5 nitrogen and oxygen atoms in total. The van der Waals surface area contributed by atoms with Gasteiger partial charge >= 0.3 is 0 Å². The number of morpholine rings is 1. The molecule has 20 heavy (non-hydrogen) atoms. The van der Waals surface area contributed by atoms with Crippen LogP contribution in [0.15, 0.2) is 18.2 Å². The SMILES string of the molecule is CCC(c1nc2ccc(OC)cc2[nH]1)N1CCOCC1. The number of nitrogens with zero attached hydrogens (tertiary/aromatic N) is 2. The highest BCUT2D eigenvalue weighted by molar-refractivity contribution is 5.76. The molecule has 1 N–H and O–H groups in total. The second kappa shape index (κ2) is 5.81. The Kier molecular flexibility index (Phi) is 3.89. The third-order valence-electron chi connectivity index (χ3n) is 3.90. The molecule has 0 radical (unpaired) electrons. The Morgan fingerprint density at radius 3 is 2.90 bits per heavy atom. The summed E-state index contributed by atoms with van der Waals surface area (Å²) in [5.41, 5.74) is 2.03. The normalized spacial score (nSPS) is 18.3. The lowest BCUT2D eigenvalue weighted by atomic mass is 10.1. The van der Waals surface area contributed by atoms with Crippen molar-refractivity contribution in [2.45, 2.75) is 19.4 Å². The molecule has 3 rings (SSSR count). The smallest absolute Gasteiger partial charge is 0.124 e. The molecule has 1 fully saturated rings. The van der Waals surface area contributed by atoms with Gasteiger partial charge in [-0.25, -0.2) is 4.98 Å². The van der Waals surface area contributed by atoms with E-state index in [9.17, 15) is 0 Å². The Morgan fingerprint density at radius 1 is 1.40 bits per heavy atom. The van der Waals surface area contributed by atoms with Gasteiger partial charge in [-0.1, -0.05) is 6.92 Å². The van der Waals surface area contributed by atoms with Gasteiger partial charge in [-0.3, -0.25) is 4.90 Å². The quantitative estimate of drug-likeness (QED) is 0.930. The first-order chi connectivity index (χ1) is 9.81. The van der Waals surface area contributed by atoms with E-state index < -0.39 is 0 Å². The van der Waals surface area contributed by atoms with E-state index in [4.69, 9.17) is 14.5 Å². The Hall–Kier alpha value is -1.59. The largest absolute Gasteiger partial charge is 0.497 e. The number of rotatable bonds is 4. The fourth-order valence-electron chi connectivity index (χ4n) is 2.81. The molecule has 1 saturated heterocycles. The molecular weight excluding hydrogens is 254 g/mol. The van der Waals surface area contributed by atoms with Crippen molar-refractivity contribution in [1.82, 2.24) is 14.9 Å². The summed E-state index contributed by atoms with van der Waals surface area (Å²) in [7, 11) is 1.68. The molecule has 0 spiro atoms. The van der Waals surface area contributed by atoms with Crippen LogP contribution in [0.1, 0.15) is 25.2 Å². The van der Waals surface area contributed by atoms with Crippen LogP contribution in [0.3, 0.4) is 0 Å². The first-order valence-corrected chi connectivity index (χ1v) is 7.17. The summed E-state index contributed by atoms with van der Waals surface area (Å²) >= 11 is 0. The molecule has 0 saturated carbocycles. The Bertz CT molecular complexity index is 576. The Balaban J connectivity index is 1.90. The maximum Gasteiger partial charge on any atom is 0.124 e. The van der Waals surface area contributed by atoms with Gasteiger partial charge in [0.15, 0.2) is 0 Å². The van der Waals surface area contributed by atoms with Crippen LogP contribution in [0.5, 0.6) is 5.75 Å². The predicted molar refractivity (Wildman–Crippen MR) is 78.1 cm³/mol. The number of imidazole rings is 1. The molecule has 1 aliphatic heterocycles. The molecule has 1 aromatic carbocycles. The molecule has 1 aromatic heterocycles. The van der Waals surface area contributed by atoms with Gasteiger partial charge in [-0.2, -0.15) is 0 Å². The maximum atomic E-state index is 5.43. The fourth-order valence-corrected chi connectivity index (χ4v) is 2.81. The minimum absolute atomic E-state index is 0.331. The number of hydrogen-bond acceptors (Lipinski definition) is 4. The lowest BCUT2D eigenvalue weighted by molar-refractivity contribution is 0.0136. The average molecular weight is 275 g/mol. The molecule has 2 heterocycles. The van der Waals surface area contributed by atoms with Crippen LogP contribution < -0.4 is 4.74 Å². The number of H-pyrrole nitrogens is 1. The van der Waals surface area contributed by atoms with E-state index >= 15 is 0 Å². The van der Waals surface area contributed by atoms with Gasteiger partial charge in [0.2, 0.25) is 0 Å². The van der Waals surface area contributed by atoms with E-state index in [0.717, 1.165) is 55.3 Å². The summed E-state index contributed by atoms with van der Waals surface area (Å²) in [5, 5.41) is 0. The third kappa shape index (κ3) is 2.51. The van der Waals surface area contributed by atoms with Crippen LogP contribution in [0.4, 0.5) is 0 Å². The van der Waals surface area contributed by atoms with E-state index in [1.807, 2.05) is 18.2 Å². The number of methoxy groups -OCH3 is 1. The maximum absolute atomic E-state index is 5.43. The van der Waals surface area contributed by atoms with Crippen molar-refractivity contribution >= 4 is 11.0 Å². The van der Waals surface area contributed by atoms with Gasteiger partial charge in [0.25, 0.3) is 0 Å². The molecule has 0 aliphatic carbocycles. The van der Waals surface area contributed by atoms with Crippen molar-refractivity contribution in [1.29, 1.82) is 0 Å². The molecule has 0 amide bonds. The Labute approximate surface area is 118 Å². The number of hydrogen-bond donors (Lipinski definition) is 1. The lowest BCUT2D eigenvalue weighted by Crippen LogP contribution is -2.39. The van der Waals surface area contributed by atoms with Crippen LogP contribution in [-0.2, 0) is 4.74 Å². The highest BCUT2D eigenvalue weighted by Gasteiger charge is 2.23. The van der Waals surface area contributed by atoms with E-state index in [-0.39, 0.29) is 0 Å². The number of nitrogens with one attached hydrogen (secondary N) is 1. The molecule has 5 heteroatoms. The zero-order valence-electron chi connectivity index (χ0n) is 12.1. The standard InChI is InChI=1S/C15H21N3O2/c1-3-14(18-6-8-20-9-7-18)15-16-12-5-4-11(19-2)10-13(12)17-15/h4-5,10,14H,3,6-9H2,1-2H3,(H,16,17). The monoisotopic (exact) mass is 275 g/mol. The summed E-state index contributed by atoms with van der Waals surface area (Å²) in [6.07, 6.45) is 1.04. The number of aromatic nitrogens is 2. The number of aromatic amines is 1. The summed E-state index contributed by atoms with van der Waals surface area (Å²) < 4.78 is 10.7. The zero-order chi connectivity index (χ0) is 13.9. The third-order valence-corrected chi connectivity index (χ3v) is 3.90. The van der Waals surface area contributed by atoms with E-state index in [1.165, 1.54) is 0 Å². The van der Waals surface area contributed by atoms with Crippen molar-refractivity contribution in [3.05, 3.63) is 24.0 Å². The summed E-state index contributed by atoms with van der Waals surface area (Å²) in [4.78, 5) is 10.6. The van der Waals surface area contributed by atoms with Crippen LogP contribution in [-0.4, -0.2) is 48.3 Å². The van der Waals surface area contributed by atoms with E-state index in [1.54, 1.807) is 7.11 Å². The van der Waals surface area contributed by atoms with Gasteiger partial charge in [0.1, 0.15) is 11.6 Å². The highest BCUT2D eigenvalue weighted by atomic mass is 16.5. The van der Waals surface area contributed by atoms with Crippen LogP contribution in [0.2, 0.25) is 0 Å². The molecule has 1 aliphatic rings. The molecule has 1 atom stereocenters. The summed E-state index contributed by atoms with van der Waals surface area (Å²) in [5.74, 6) is 1.89. The van der Waals surface area contributed by atoms with Gasteiger partial charge in [-0.05, 0) is 18.6 Å². The second-order valence-electron chi connectivity index (χ2n) is 5.08. The molecular formula is C15H21N3O2. The van der Waals surface area contributed by atoms with Crippen molar-refractivity contribution < 1.29 is 9.47 Å². The van der Waals surface area contributed by atoms with E-state index in [2.05, 4.69) is 16.8 Å². The number of ether oxygens (including phenoxy) is 2. The Morgan fingerprint density at radius 2 is 2.20 bits per heavy atom. The van der Waals surface area contributed by atoms with Crippen molar-refractivity contribution in [2.24, 2.45) is 0 Å². The summed E-state index contributed by atoms with van der Waals surface area (Å²) in [6.45, 7) is 5.76. The first kappa shape index (κ1) is 13.4. The van der Waals surface area contributed by atoms with Crippen LogP contribution >= 0.6 is 0 Å². The fraction of sp³-hybridized carbons (Fsp3) is 0.533.